The minimum absolute atomic E-state index is 1.33. The van der Waals surface area contributed by atoms with Gasteiger partial charge in [0.05, 0.1) is 32.1 Å². The van der Waals surface area contributed by atoms with Gasteiger partial charge in [-0.15, -0.1) is 0 Å². The Balaban J connectivity index is -0.000000895. The van der Waals surface area contributed by atoms with Crippen LogP contribution >= 0.6 is 0 Å². The van der Waals surface area contributed by atoms with Crippen molar-refractivity contribution in [3.63, 3.8) is 0 Å². The van der Waals surface area contributed by atoms with E-state index in [0.717, 1.165) is 0 Å². The molecule has 374 valence electrons. The number of aliphatic carboxylic acids is 2. The van der Waals surface area contributed by atoms with Crippen LogP contribution in [0.15, 0.2) is 0 Å². The summed E-state index contributed by atoms with van der Waals surface area (Å²) in [6, 6.07) is 0. The van der Waals surface area contributed by atoms with Gasteiger partial charge in [-0.25, -0.2) is 0 Å². The average Bonchev–Trinajstić information content (AvgIpc) is 3.24. The van der Waals surface area contributed by atoms with Crippen molar-refractivity contribution in [1.82, 2.24) is 0 Å². The summed E-state index contributed by atoms with van der Waals surface area (Å²) < 4.78 is 28.5. The molecule has 1 unspecified atom stereocenters. The predicted octanol–water partition coefficient (Wildman–Crippen LogP) is 10.9. The highest BCUT2D eigenvalue weighted by Crippen LogP contribution is 2.13. The number of carboxylic acid groups (broad SMARTS) is 2. The highest BCUT2D eigenvalue weighted by molar-refractivity contribution is 7.87. The van der Waals surface area contributed by atoms with Crippen molar-refractivity contribution in [2.24, 2.45) is 0 Å². The molecule has 0 aliphatic heterocycles. The van der Waals surface area contributed by atoms with Gasteiger partial charge in [0.2, 0.25) is 0 Å². The SMILES string of the molecule is CCCCCCCCCCCC[NH2+]CCCCCCCCCCCC.CCCCCCCCCCCC[NH2+]CCCCCCCCCCCC.O=C([O-])CC(C(=O)[O-])S(=O)(=O)O. The molecule has 0 aliphatic carbocycles. The summed E-state index contributed by atoms with van der Waals surface area (Å²) in [6.07, 6.45) is 56.9. The number of carbonyl (C=O) groups is 2. The van der Waals surface area contributed by atoms with Crippen molar-refractivity contribution in [2.45, 2.75) is 296 Å². The first kappa shape index (κ1) is 65.1. The van der Waals surface area contributed by atoms with Gasteiger partial charge in [-0.2, -0.15) is 8.42 Å². The molecule has 9 nitrogen and oxygen atoms in total. The summed E-state index contributed by atoms with van der Waals surface area (Å²) in [6.45, 7) is 14.7. The number of rotatable bonds is 48. The molecule has 0 fully saturated rings. The van der Waals surface area contributed by atoms with Gasteiger partial charge >= 0.3 is 0 Å². The molecule has 0 rings (SSSR count). The number of carbonyl (C=O) groups excluding carboxylic acids is 2. The third-order valence-electron chi connectivity index (χ3n) is 12.0. The van der Waals surface area contributed by atoms with Gasteiger partial charge in [-0.1, -0.05) is 233 Å². The van der Waals surface area contributed by atoms with E-state index in [9.17, 15) is 28.2 Å². The van der Waals surface area contributed by atoms with Crippen molar-refractivity contribution in [3.8, 4) is 0 Å². The molecule has 0 saturated carbocycles. The Morgan fingerprint density at radius 2 is 0.548 bits per heavy atom. The van der Waals surface area contributed by atoms with Gasteiger partial charge in [0.1, 0.15) is 5.25 Å². The van der Waals surface area contributed by atoms with Crippen LogP contribution in [0.2, 0.25) is 0 Å². The van der Waals surface area contributed by atoms with Crippen LogP contribution in [0.5, 0.6) is 0 Å². The van der Waals surface area contributed by atoms with Gasteiger partial charge < -0.3 is 30.4 Å². The fraction of sp³-hybridized carbons (Fsp3) is 0.962. The van der Waals surface area contributed by atoms with Gasteiger partial charge in [-0.05, 0) is 51.4 Å². The summed E-state index contributed by atoms with van der Waals surface area (Å²) in [5, 5.41) is 22.4. The number of nitrogens with two attached hydrogens (primary N) is 2. The maximum atomic E-state index is 10.2. The summed E-state index contributed by atoms with van der Waals surface area (Å²) in [4.78, 5) is 19.7. The lowest BCUT2D eigenvalue weighted by Gasteiger charge is -2.14. The van der Waals surface area contributed by atoms with Crippen LogP contribution in [0, 0.1) is 0 Å². The molecule has 0 saturated heterocycles. The van der Waals surface area contributed by atoms with Gasteiger partial charge in [-0.3, -0.25) is 4.55 Å². The lowest BCUT2D eigenvalue weighted by molar-refractivity contribution is -0.655. The molecule has 10 heteroatoms. The molecule has 0 bridgehead atoms. The van der Waals surface area contributed by atoms with E-state index in [0.29, 0.717) is 0 Å². The highest BCUT2D eigenvalue weighted by Gasteiger charge is 2.24. The summed E-state index contributed by atoms with van der Waals surface area (Å²) >= 11 is 0. The molecule has 0 aromatic rings. The Labute approximate surface area is 386 Å². The van der Waals surface area contributed by atoms with E-state index >= 15 is 0 Å². The van der Waals surface area contributed by atoms with Crippen LogP contribution in [-0.2, 0) is 19.7 Å². The number of hydrogen-bond donors (Lipinski definition) is 3. The zero-order chi connectivity index (χ0) is 46.5. The van der Waals surface area contributed by atoms with E-state index in [-0.39, 0.29) is 0 Å². The molecular formula is C52H108N2O7S. The summed E-state index contributed by atoms with van der Waals surface area (Å²) in [5.74, 6) is -4.08. The molecule has 0 spiro atoms. The second-order valence-electron chi connectivity index (χ2n) is 18.4. The molecule has 0 amide bonds. The molecule has 5 N–H and O–H groups in total. The second kappa shape index (κ2) is 55.9. The lowest BCUT2D eigenvalue weighted by atomic mass is 10.1. The molecule has 0 radical (unpaired) electrons. The summed E-state index contributed by atoms with van der Waals surface area (Å²) in [5.41, 5.74) is 0. The van der Waals surface area contributed by atoms with Gasteiger partial charge in [0, 0.05) is 12.4 Å². The van der Waals surface area contributed by atoms with Crippen LogP contribution in [0.4, 0.5) is 0 Å². The quantitative estimate of drug-likeness (QED) is 0.0403. The Morgan fingerprint density at radius 1 is 0.371 bits per heavy atom. The summed E-state index contributed by atoms with van der Waals surface area (Å²) in [7, 11) is -4.94. The smallest absolute Gasteiger partial charge is 0.273 e. The van der Waals surface area contributed by atoms with E-state index in [2.05, 4.69) is 38.3 Å². The first-order chi connectivity index (χ1) is 30.1. The second-order valence-corrected chi connectivity index (χ2v) is 20.0. The van der Waals surface area contributed by atoms with Crippen molar-refractivity contribution < 1.29 is 43.4 Å². The fourth-order valence-electron chi connectivity index (χ4n) is 7.85. The minimum Gasteiger partial charge on any atom is -0.550 e. The zero-order valence-corrected chi connectivity index (χ0v) is 42.7. The van der Waals surface area contributed by atoms with E-state index in [1.807, 2.05) is 0 Å². The zero-order valence-electron chi connectivity index (χ0n) is 41.9. The average molecular weight is 906 g/mol. The van der Waals surface area contributed by atoms with Crippen LogP contribution in [0.3, 0.4) is 0 Å². The minimum atomic E-state index is -4.94. The highest BCUT2D eigenvalue weighted by atomic mass is 32.2. The lowest BCUT2D eigenvalue weighted by Crippen LogP contribution is -2.84. The third-order valence-corrected chi connectivity index (χ3v) is 13.1. The monoisotopic (exact) mass is 905 g/mol. The van der Waals surface area contributed by atoms with Crippen molar-refractivity contribution >= 4 is 22.1 Å². The molecule has 0 aliphatic rings. The standard InChI is InChI=1S/2C24H51N.C4H6O7S/c2*1-3-5-7-9-11-13-15-17-19-21-23-25-24-22-20-18-16-14-12-10-8-6-4-2;5-3(6)1-2(4(7)8)12(9,10)11/h2*25H,3-24H2,1-2H3;2H,1H2,(H,5,6)(H,7,8)(H,9,10,11). The molecular weight excluding hydrogens is 797 g/mol. The largest absolute Gasteiger partial charge is 0.550 e. The molecule has 0 aromatic carbocycles. The molecule has 0 heterocycles. The van der Waals surface area contributed by atoms with Crippen LogP contribution in [0.25, 0.3) is 0 Å². The van der Waals surface area contributed by atoms with Gasteiger partial charge in [0.25, 0.3) is 10.1 Å². The maximum absolute atomic E-state index is 10.2. The first-order valence-corrected chi connectivity index (χ1v) is 28.6. The molecule has 0 aromatic heterocycles. The van der Waals surface area contributed by atoms with Crippen molar-refractivity contribution in [2.75, 3.05) is 26.2 Å². The predicted molar refractivity (Wildman–Crippen MR) is 261 cm³/mol. The Bertz CT molecular complexity index is 892. The Hall–Kier alpha value is -1.23. The number of hydrogen-bond acceptors (Lipinski definition) is 6. The number of unbranched alkanes of at least 4 members (excludes halogenated alkanes) is 36. The molecule has 1 atom stereocenters. The number of carboxylic acids is 2. The maximum Gasteiger partial charge on any atom is 0.273 e. The first-order valence-electron chi connectivity index (χ1n) is 27.1. The van der Waals surface area contributed by atoms with Crippen LogP contribution < -0.4 is 20.8 Å². The van der Waals surface area contributed by atoms with Crippen molar-refractivity contribution in [3.05, 3.63) is 0 Å². The van der Waals surface area contributed by atoms with Crippen LogP contribution in [0.1, 0.15) is 291 Å². The van der Waals surface area contributed by atoms with E-state index in [1.54, 1.807) is 0 Å². The Kier molecular flexibility index (Phi) is 58.7. The van der Waals surface area contributed by atoms with Crippen LogP contribution in [-0.4, -0.2) is 56.3 Å². The van der Waals surface area contributed by atoms with E-state index in [1.165, 1.54) is 283 Å². The third kappa shape index (κ3) is 60.9. The number of quaternary nitrogens is 2. The fourth-order valence-corrected chi connectivity index (χ4v) is 8.44. The normalized spacial score (nSPS) is 11.8. The Morgan fingerprint density at radius 3 is 0.677 bits per heavy atom. The van der Waals surface area contributed by atoms with Crippen molar-refractivity contribution in [1.29, 1.82) is 0 Å². The van der Waals surface area contributed by atoms with E-state index < -0.39 is 33.7 Å². The van der Waals surface area contributed by atoms with E-state index in [4.69, 9.17) is 4.55 Å². The topological polar surface area (TPSA) is 168 Å². The van der Waals surface area contributed by atoms with Gasteiger partial charge in [0.15, 0.2) is 0 Å². The molecule has 62 heavy (non-hydrogen) atoms.